The minimum absolute atomic E-state index is 0.191. The molecule has 0 radical (unpaired) electrons. The molecule has 27 heavy (non-hydrogen) atoms. The number of nitrogens with zero attached hydrogens (tertiary/aromatic N) is 4. The van der Waals surface area contributed by atoms with E-state index in [0.29, 0.717) is 22.3 Å². The molecule has 1 amide bonds. The molecule has 0 saturated heterocycles. The van der Waals surface area contributed by atoms with Gasteiger partial charge in [0.25, 0.3) is 5.91 Å². The molecule has 0 saturated carbocycles. The van der Waals surface area contributed by atoms with E-state index < -0.39 is 11.7 Å². The van der Waals surface area contributed by atoms with Gasteiger partial charge in [-0.1, -0.05) is 11.6 Å². The number of nitrogens with one attached hydrogen (secondary N) is 1. The highest BCUT2D eigenvalue weighted by Crippen LogP contribution is 2.26. The SMILES string of the molecule is CN(c1ccc(Cl)nc1)c1ncc(C#N)cc1C(=O)Nc1ccc(F)cc1. The molecule has 0 spiro atoms. The monoisotopic (exact) mass is 381 g/mol. The molecule has 0 bridgehead atoms. The van der Waals surface area contributed by atoms with Crippen LogP contribution in [0.3, 0.4) is 0 Å². The highest BCUT2D eigenvalue weighted by molar-refractivity contribution is 6.29. The lowest BCUT2D eigenvalue weighted by Crippen LogP contribution is -2.20. The van der Waals surface area contributed by atoms with E-state index in [1.165, 1.54) is 36.5 Å². The Balaban J connectivity index is 1.97. The molecule has 2 heterocycles. The van der Waals surface area contributed by atoms with Crippen molar-refractivity contribution in [3.05, 3.63) is 77.0 Å². The van der Waals surface area contributed by atoms with E-state index in [2.05, 4.69) is 15.3 Å². The van der Waals surface area contributed by atoms with Crippen LogP contribution in [-0.2, 0) is 0 Å². The van der Waals surface area contributed by atoms with Crippen molar-refractivity contribution in [2.75, 3.05) is 17.3 Å². The fraction of sp³-hybridized carbons (Fsp3) is 0.0526. The molecule has 3 rings (SSSR count). The Morgan fingerprint density at radius 3 is 2.56 bits per heavy atom. The van der Waals surface area contributed by atoms with E-state index in [-0.39, 0.29) is 11.1 Å². The summed E-state index contributed by atoms with van der Waals surface area (Å²) in [6.07, 6.45) is 2.92. The molecule has 0 fully saturated rings. The Bertz CT molecular complexity index is 1020. The number of hydrogen-bond donors (Lipinski definition) is 1. The highest BCUT2D eigenvalue weighted by atomic mass is 35.5. The Labute approximate surface area is 159 Å². The lowest BCUT2D eigenvalue weighted by molar-refractivity contribution is 0.102. The van der Waals surface area contributed by atoms with Crippen molar-refractivity contribution in [1.29, 1.82) is 5.26 Å². The van der Waals surface area contributed by atoms with Gasteiger partial charge in [0.05, 0.1) is 23.0 Å². The number of rotatable bonds is 4. The number of pyridine rings is 2. The summed E-state index contributed by atoms with van der Waals surface area (Å²) in [5, 5.41) is 12.2. The van der Waals surface area contributed by atoms with Gasteiger partial charge in [0, 0.05) is 18.9 Å². The molecule has 0 aliphatic carbocycles. The molecule has 1 N–H and O–H groups in total. The van der Waals surface area contributed by atoms with E-state index in [0.717, 1.165) is 0 Å². The first-order valence-electron chi connectivity index (χ1n) is 7.80. The number of hydrogen-bond acceptors (Lipinski definition) is 5. The summed E-state index contributed by atoms with van der Waals surface area (Å²) in [6.45, 7) is 0. The molecule has 0 aliphatic rings. The first-order chi connectivity index (χ1) is 13.0. The maximum absolute atomic E-state index is 13.1. The Morgan fingerprint density at radius 2 is 1.93 bits per heavy atom. The standard InChI is InChI=1S/C19H13ClFN5O/c1-26(15-6-7-17(20)23-11-15)18-16(8-12(9-22)10-24-18)19(27)25-14-4-2-13(21)3-5-14/h2-8,10-11H,1H3,(H,25,27). The number of anilines is 3. The zero-order valence-electron chi connectivity index (χ0n) is 14.1. The lowest BCUT2D eigenvalue weighted by Gasteiger charge is -2.21. The maximum Gasteiger partial charge on any atom is 0.259 e. The van der Waals surface area contributed by atoms with E-state index in [4.69, 9.17) is 16.9 Å². The second kappa shape index (κ2) is 7.81. The van der Waals surface area contributed by atoms with Gasteiger partial charge in [-0.25, -0.2) is 14.4 Å². The van der Waals surface area contributed by atoms with Crippen LogP contribution in [0.15, 0.2) is 54.9 Å². The molecule has 2 aromatic heterocycles. The van der Waals surface area contributed by atoms with E-state index in [9.17, 15) is 9.18 Å². The van der Waals surface area contributed by atoms with E-state index in [1.807, 2.05) is 6.07 Å². The van der Waals surface area contributed by atoms with E-state index in [1.54, 1.807) is 30.3 Å². The second-order valence-corrected chi connectivity index (χ2v) is 5.95. The lowest BCUT2D eigenvalue weighted by atomic mass is 10.1. The van der Waals surface area contributed by atoms with Crippen LogP contribution >= 0.6 is 11.6 Å². The Kier molecular flexibility index (Phi) is 5.29. The number of carbonyl (C=O) groups excluding carboxylic acids is 1. The normalized spacial score (nSPS) is 10.1. The first kappa shape index (κ1) is 18.3. The largest absolute Gasteiger partial charge is 0.327 e. The third-order valence-corrected chi connectivity index (χ3v) is 3.98. The first-order valence-corrected chi connectivity index (χ1v) is 8.18. The average molecular weight is 382 g/mol. The summed E-state index contributed by atoms with van der Waals surface area (Å²) in [5.41, 5.74) is 1.51. The molecule has 0 atom stereocenters. The maximum atomic E-state index is 13.1. The predicted molar refractivity (Wildman–Crippen MR) is 101 cm³/mol. The fourth-order valence-corrected chi connectivity index (χ4v) is 2.49. The topological polar surface area (TPSA) is 81.9 Å². The molecule has 6 nitrogen and oxygen atoms in total. The van der Waals surface area contributed by atoms with Gasteiger partial charge < -0.3 is 10.2 Å². The summed E-state index contributed by atoms with van der Waals surface area (Å²) in [5.74, 6) is -0.551. The summed E-state index contributed by atoms with van der Waals surface area (Å²) in [7, 11) is 1.72. The number of aromatic nitrogens is 2. The Hall–Kier alpha value is -3.50. The summed E-state index contributed by atoms with van der Waals surface area (Å²) >= 11 is 5.81. The number of carbonyl (C=O) groups is 1. The van der Waals surface area contributed by atoms with Crippen molar-refractivity contribution in [2.24, 2.45) is 0 Å². The van der Waals surface area contributed by atoms with Gasteiger partial charge in [-0.15, -0.1) is 0 Å². The fourth-order valence-electron chi connectivity index (χ4n) is 2.37. The van der Waals surface area contributed by atoms with Crippen LogP contribution in [0.2, 0.25) is 5.15 Å². The van der Waals surface area contributed by atoms with Gasteiger partial charge in [0.15, 0.2) is 0 Å². The molecule has 3 aromatic rings. The van der Waals surface area contributed by atoms with Crippen LogP contribution < -0.4 is 10.2 Å². The summed E-state index contributed by atoms with van der Waals surface area (Å²) < 4.78 is 13.1. The summed E-state index contributed by atoms with van der Waals surface area (Å²) in [6, 6.07) is 12.1. The zero-order chi connectivity index (χ0) is 19.4. The van der Waals surface area contributed by atoms with Crippen molar-refractivity contribution in [3.63, 3.8) is 0 Å². The van der Waals surface area contributed by atoms with Crippen molar-refractivity contribution in [2.45, 2.75) is 0 Å². The van der Waals surface area contributed by atoms with Crippen LogP contribution in [0.1, 0.15) is 15.9 Å². The quantitative estimate of drug-likeness (QED) is 0.686. The van der Waals surface area contributed by atoms with Crippen LogP contribution in [0, 0.1) is 17.1 Å². The predicted octanol–water partition coefficient (Wildman–Crippen LogP) is 4.16. The second-order valence-electron chi connectivity index (χ2n) is 5.57. The van der Waals surface area contributed by atoms with Crippen molar-refractivity contribution >= 4 is 34.7 Å². The molecule has 0 unspecified atom stereocenters. The molecular weight excluding hydrogens is 369 g/mol. The van der Waals surface area contributed by atoms with Crippen LogP contribution in [-0.4, -0.2) is 22.9 Å². The van der Waals surface area contributed by atoms with Crippen molar-refractivity contribution < 1.29 is 9.18 Å². The van der Waals surface area contributed by atoms with Gasteiger partial charge in [-0.05, 0) is 42.5 Å². The highest BCUT2D eigenvalue weighted by Gasteiger charge is 2.19. The minimum atomic E-state index is -0.477. The van der Waals surface area contributed by atoms with Crippen molar-refractivity contribution in [3.8, 4) is 6.07 Å². The molecule has 0 aliphatic heterocycles. The number of amides is 1. The van der Waals surface area contributed by atoms with Gasteiger partial charge >= 0.3 is 0 Å². The Morgan fingerprint density at radius 1 is 1.19 bits per heavy atom. The van der Waals surface area contributed by atoms with Gasteiger partial charge in [-0.2, -0.15) is 5.26 Å². The molecule has 1 aromatic carbocycles. The van der Waals surface area contributed by atoms with Crippen LogP contribution in [0.5, 0.6) is 0 Å². The molecular formula is C19H13ClFN5O. The van der Waals surface area contributed by atoms with Crippen LogP contribution in [0.4, 0.5) is 21.6 Å². The smallest absolute Gasteiger partial charge is 0.259 e. The van der Waals surface area contributed by atoms with E-state index >= 15 is 0 Å². The third-order valence-electron chi connectivity index (χ3n) is 3.76. The number of benzene rings is 1. The number of halogens is 2. The van der Waals surface area contributed by atoms with Gasteiger partial charge in [0.2, 0.25) is 0 Å². The van der Waals surface area contributed by atoms with Crippen molar-refractivity contribution in [1.82, 2.24) is 9.97 Å². The molecule has 8 heteroatoms. The molecule has 134 valence electrons. The summed E-state index contributed by atoms with van der Waals surface area (Å²) in [4.78, 5) is 22.7. The zero-order valence-corrected chi connectivity index (χ0v) is 14.9. The number of nitriles is 1. The van der Waals surface area contributed by atoms with Gasteiger partial charge in [0.1, 0.15) is 22.9 Å². The van der Waals surface area contributed by atoms with Gasteiger partial charge in [-0.3, -0.25) is 4.79 Å². The van der Waals surface area contributed by atoms with Crippen LogP contribution in [0.25, 0.3) is 0 Å². The average Bonchev–Trinajstić information content (AvgIpc) is 2.69. The minimum Gasteiger partial charge on any atom is -0.327 e. The third kappa shape index (κ3) is 4.19.